The molecule has 5 atom stereocenters. The second kappa shape index (κ2) is 6.15. The summed E-state index contributed by atoms with van der Waals surface area (Å²) in [5.41, 5.74) is 0. The van der Waals surface area contributed by atoms with E-state index in [0.29, 0.717) is 10.8 Å². The third-order valence-electron chi connectivity index (χ3n) is 4.42. The zero-order valence-corrected chi connectivity index (χ0v) is 15.7. The third kappa shape index (κ3) is 3.35. The molecule has 1 aromatic carbocycles. The zero-order valence-electron chi connectivity index (χ0n) is 14.9. The van der Waals surface area contributed by atoms with E-state index in [1.165, 1.54) is 0 Å². The van der Waals surface area contributed by atoms with Crippen molar-refractivity contribution >= 4 is 17.6 Å². The molecule has 0 radical (unpaired) electrons. The van der Waals surface area contributed by atoms with Crippen LogP contribution in [0.4, 0.5) is 0 Å². The fourth-order valence-corrected chi connectivity index (χ4v) is 3.60. The quantitative estimate of drug-likeness (QED) is 0.573. The van der Waals surface area contributed by atoms with Crippen LogP contribution < -0.4 is 4.74 Å². The van der Waals surface area contributed by atoms with E-state index in [1.54, 1.807) is 52.0 Å². The maximum atomic E-state index is 12.7. The highest BCUT2D eigenvalue weighted by Crippen LogP contribution is 2.44. The maximum Gasteiger partial charge on any atom is 0.343 e. The van der Waals surface area contributed by atoms with E-state index in [4.69, 9.17) is 40.0 Å². The van der Waals surface area contributed by atoms with Gasteiger partial charge in [0.2, 0.25) is 0 Å². The summed E-state index contributed by atoms with van der Waals surface area (Å²) in [5, 5.41) is 0.551. The second-order valence-corrected chi connectivity index (χ2v) is 7.90. The number of rotatable bonds is 2. The Morgan fingerprint density at radius 1 is 0.923 bits per heavy atom. The molecule has 4 rings (SSSR count). The van der Waals surface area contributed by atoms with Gasteiger partial charge >= 0.3 is 5.97 Å². The summed E-state index contributed by atoms with van der Waals surface area (Å²) in [6.07, 6.45) is -3.41. The standard InChI is InChI=1S/C18H21ClO7/c1-17(2)23-11-12(24-17)14-16(26-18(3,4)25-14)22-13(11)15(20)21-10-7-5-9(19)6-8-10/h5-8,11-14,16H,1-4H3/t11-,12+,13+,14-,16?/m1/s1. The molecule has 3 aliphatic heterocycles. The lowest BCUT2D eigenvalue weighted by atomic mass is 9.99. The van der Waals surface area contributed by atoms with Gasteiger partial charge in [-0.15, -0.1) is 0 Å². The molecular weight excluding hydrogens is 364 g/mol. The molecule has 26 heavy (non-hydrogen) atoms. The summed E-state index contributed by atoms with van der Waals surface area (Å²) >= 11 is 5.86. The van der Waals surface area contributed by atoms with Crippen molar-refractivity contribution < 1.29 is 33.2 Å². The molecule has 3 saturated heterocycles. The molecule has 0 aliphatic carbocycles. The lowest BCUT2D eigenvalue weighted by Gasteiger charge is -2.35. The number of carbonyl (C=O) groups is 1. The predicted molar refractivity (Wildman–Crippen MR) is 89.6 cm³/mol. The number of hydrogen-bond donors (Lipinski definition) is 0. The molecule has 0 aromatic heterocycles. The number of hydrogen-bond acceptors (Lipinski definition) is 7. The number of benzene rings is 1. The van der Waals surface area contributed by atoms with Crippen LogP contribution in [0.2, 0.25) is 5.02 Å². The fraction of sp³-hybridized carbons (Fsp3) is 0.611. The van der Waals surface area contributed by atoms with E-state index >= 15 is 0 Å². The summed E-state index contributed by atoms with van der Waals surface area (Å²) in [6.45, 7) is 7.13. The lowest BCUT2D eigenvalue weighted by Crippen LogP contribution is -2.58. The minimum absolute atomic E-state index is 0.365. The Morgan fingerprint density at radius 2 is 1.50 bits per heavy atom. The summed E-state index contributed by atoms with van der Waals surface area (Å²) in [4.78, 5) is 12.7. The van der Waals surface area contributed by atoms with E-state index in [2.05, 4.69) is 0 Å². The first-order valence-corrected chi connectivity index (χ1v) is 8.85. The van der Waals surface area contributed by atoms with Gasteiger partial charge in [0.15, 0.2) is 24.0 Å². The van der Waals surface area contributed by atoms with Crippen molar-refractivity contribution in [3.63, 3.8) is 0 Å². The van der Waals surface area contributed by atoms with Crippen LogP contribution in [0.15, 0.2) is 24.3 Å². The van der Waals surface area contributed by atoms with E-state index in [0.717, 1.165) is 0 Å². The van der Waals surface area contributed by atoms with Crippen LogP contribution in [0.5, 0.6) is 5.75 Å². The Labute approximate surface area is 156 Å². The summed E-state index contributed by atoms with van der Waals surface area (Å²) in [5.74, 6) is -1.94. The minimum Gasteiger partial charge on any atom is -0.425 e. The van der Waals surface area contributed by atoms with Gasteiger partial charge in [0.05, 0.1) is 0 Å². The molecule has 0 N–H and O–H groups in total. The molecule has 8 heteroatoms. The van der Waals surface area contributed by atoms with Gasteiger partial charge < -0.3 is 28.4 Å². The van der Waals surface area contributed by atoms with Gasteiger partial charge in [-0.05, 0) is 52.0 Å². The van der Waals surface area contributed by atoms with Crippen LogP contribution in [0.1, 0.15) is 27.7 Å². The van der Waals surface area contributed by atoms with Gasteiger partial charge in [-0.1, -0.05) is 11.6 Å². The lowest BCUT2D eigenvalue weighted by molar-refractivity contribution is -0.236. The predicted octanol–water partition coefficient (Wildman–Crippen LogP) is 2.64. The average Bonchev–Trinajstić information content (AvgIpc) is 3.02. The molecule has 3 aliphatic rings. The third-order valence-corrected chi connectivity index (χ3v) is 4.67. The first-order valence-electron chi connectivity index (χ1n) is 8.48. The van der Waals surface area contributed by atoms with Gasteiger partial charge in [-0.25, -0.2) is 4.79 Å². The first-order chi connectivity index (χ1) is 12.1. The van der Waals surface area contributed by atoms with Crippen molar-refractivity contribution in [1.29, 1.82) is 0 Å². The van der Waals surface area contributed by atoms with Crippen molar-refractivity contribution in [3.8, 4) is 5.75 Å². The number of esters is 1. The molecule has 7 nitrogen and oxygen atoms in total. The molecule has 0 spiro atoms. The van der Waals surface area contributed by atoms with Gasteiger partial charge in [0.1, 0.15) is 24.1 Å². The Morgan fingerprint density at radius 3 is 2.19 bits per heavy atom. The van der Waals surface area contributed by atoms with Crippen molar-refractivity contribution in [1.82, 2.24) is 0 Å². The SMILES string of the molecule is CC1(C)O[C@@H]2[C@H](O1)[C@H]1OC(C)(C)OC1O[C@@H]2C(=O)Oc1ccc(Cl)cc1. The van der Waals surface area contributed by atoms with E-state index in [9.17, 15) is 4.79 Å². The Hall–Kier alpha value is -1.22. The highest BCUT2D eigenvalue weighted by atomic mass is 35.5. The Balaban J connectivity index is 1.57. The fourth-order valence-electron chi connectivity index (χ4n) is 3.48. The van der Waals surface area contributed by atoms with Crippen molar-refractivity contribution in [3.05, 3.63) is 29.3 Å². The second-order valence-electron chi connectivity index (χ2n) is 7.47. The molecule has 1 unspecified atom stereocenters. The summed E-state index contributed by atoms with van der Waals surface area (Å²) in [6, 6.07) is 6.49. The number of halogens is 1. The summed E-state index contributed by atoms with van der Waals surface area (Å²) in [7, 11) is 0. The molecule has 3 heterocycles. The highest BCUT2D eigenvalue weighted by Gasteiger charge is 2.62. The van der Waals surface area contributed by atoms with Crippen LogP contribution in [0, 0.1) is 0 Å². The smallest absolute Gasteiger partial charge is 0.343 e. The largest absolute Gasteiger partial charge is 0.425 e. The monoisotopic (exact) mass is 384 g/mol. The zero-order chi connectivity index (χ0) is 18.7. The Bertz CT molecular complexity index is 702. The number of carbonyl (C=O) groups excluding carboxylic acids is 1. The van der Waals surface area contributed by atoms with Crippen molar-refractivity contribution in [2.45, 2.75) is 70.0 Å². The van der Waals surface area contributed by atoms with Crippen LogP contribution in [-0.2, 0) is 28.5 Å². The van der Waals surface area contributed by atoms with E-state index < -0.39 is 48.2 Å². The van der Waals surface area contributed by atoms with Crippen molar-refractivity contribution in [2.75, 3.05) is 0 Å². The number of fused-ring (bicyclic) bond motifs is 3. The van der Waals surface area contributed by atoms with Gasteiger partial charge in [0.25, 0.3) is 0 Å². The van der Waals surface area contributed by atoms with Gasteiger partial charge in [-0.2, -0.15) is 0 Å². The molecular formula is C18H21ClO7. The van der Waals surface area contributed by atoms with E-state index in [1.807, 2.05) is 0 Å². The molecule has 0 amide bonds. The topological polar surface area (TPSA) is 72.5 Å². The molecule has 142 valence electrons. The van der Waals surface area contributed by atoms with Gasteiger partial charge in [0, 0.05) is 5.02 Å². The highest BCUT2D eigenvalue weighted by molar-refractivity contribution is 6.30. The van der Waals surface area contributed by atoms with Crippen LogP contribution in [0.3, 0.4) is 0 Å². The normalized spacial score (nSPS) is 37.0. The van der Waals surface area contributed by atoms with Crippen LogP contribution in [0.25, 0.3) is 0 Å². The van der Waals surface area contributed by atoms with Crippen LogP contribution >= 0.6 is 11.6 Å². The molecule has 3 fully saturated rings. The average molecular weight is 385 g/mol. The van der Waals surface area contributed by atoms with Crippen LogP contribution in [-0.4, -0.2) is 48.2 Å². The van der Waals surface area contributed by atoms with Gasteiger partial charge in [-0.3, -0.25) is 0 Å². The molecule has 0 saturated carbocycles. The Kier molecular flexibility index (Phi) is 4.30. The molecule has 1 aromatic rings. The molecule has 0 bridgehead atoms. The van der Waals surface area contributed by atoms with E-state index in [-0.39, 0.29) is 0 Å². The van der Waals surface area contributed by atoms with Crippen molar-refractivity contribution in [2.24, 2.45) is 0 Å². The first kappa shape index (κ1) is 18.2. The number of ether oxygens (including phenoxy) is 6. The minimum atomic E-state index is -1.00. The summed E-state index contributed by atoms with van der Waals surface area (Å²) < 4.78 is 34.8. The maximum absolute atomic E-state index is 12.7.